The molecule has 0 fully saturated rings. The van der Waals surface area contributed by atoms with Crippen molar-refractivity contribution in [3.8, 4) is 0 Å². The third kappa shape index (κ3) is 8.94. The van der Waals surface area contributed by atoms with Crippen LogP contribution in [0.5, 0.6) is 0 Å². The maximum Gasteiger partial charge on any atom is 0.251 e. The number of nitrogens with one attached hydrogen (secondary N) is 1. The Morgan fingerprint density at radius 1 is 0.568 bits per heavy atom. The lowest BCUT2D eigenvalue weighted by molar-refractivity contribution is 0.0950. The molecule has 0 atom stereocenters. The number of hydrogen-bond acceptors (Lipinski definition) is 3. The van der Waals surface area contributed by atoms with Gasteiger partial charge in [-0.1, -0.05) is 128 Å². The molecule has 37 heavy (non-hydrogen) atoms. The van der Waals surface area contributed by atoms with Crippen molar-refractivity contribution in [3.63, 3.8) is 0 Å². The van der Waals surface area contributed by atoms with Crippen molar-refractivity contribution >= 4 is 17.5 Å². The summed E-state index contributed by atoms with van der Waals surface area (Å²) in [6, 6.07) is 11.7. The van der Waals surface area contributed by atoms with Gasteiger partial charge < -0.3 is 5.32 Å². The summed E-state index contributed by atoms with van der Waals surface area (Å²) < 4.78 is 0. The molecule has 3 rings (SSSR count). The van der Waals surface area contributed by atoms with Crippen LogP contribution in [-0.2, 0) is 0 Å². The molecule has 2 aromatic rings. The highest BCUT2D eigenvalue weighted by atomic mass is 16.2. The van der Waals surface area contributed by atoms with Crippen LogP contribution >= 0.6 is 0 Å². The summed E-state index contributed by atoms with van der Waals surface area (Å²) in [5.41, 5.74) is 1.96. The van der Waals surface area contributed by atoms with E-state index in [1.165, 1.54) is 89.9 Å². The standard InChI is InChI=1S/C33H45NO3/c1-2-3-4-5-6-7-8-9-10-11-12-13-14-15-16-19-24-34-33(37)26-22-23-29-30(25-26)32(36)28-21-18-17-20-27(28)31(29)35/h17-18,20-23,25H,2-16,19,24H2,1H3,(H,34,37). The average molecular weight is 504 g/mol. The Bertz CT molecular complexity index is 1030. The van der Waals surface area contributed by atoms with E-state index in [2.05, 4.69) is 12.2 Å². The molecule has 0 aliphatic heterocycles. The van der Waals surface area contributed by atoms with E-state index in [0.717, 1.165) is 12.8 Å². The zero-order chi connectivity index (χ0) is 26.3. The third-order valence-electron chi connectivity index (χ3n) is 7.50. The molecule has 4 heteroatoms. The van der Waals surface area contributed by atoms with Crippen LogP contribution in [0, 0.1) is 0 Å². The van der Waals surface area contributed by atoms with Gasteiger partial charge in [-0.25, -0.2) is 0 Å². The second-order valence-electron chi connectivity index (χ2n) is 10.5. The van der Waals surface area contributed by atoms with E-state index in [1.54, 1.807) is 42.5 Å². The molecule has 0 aromatic heterocycles. The lowest BCUT2D eigenvalue weighted by atomic mass is 9.83. The van der Waals surface area contributed by atoms with E-state index in [9.17, 15) is 14.4 Å². The molecule has 1 N–H and O–H groups in total. The first-order chi connectivity index (χ1) is 18.1. The lowest BCUT2D eigenvalue weighted by Gasteiger charge is -2.18. The molecule has 0 radical (unpaired) electrons. The summed E-state index contributed by atoms with van der Waals surface area (Å²) in [5.74, 6) is -0.550. The van der Waals surface area contributed by atoms with Gasteiger partial charge in [0.2, 0.25) is 0 Å². The number of fused-ring (bicyclic) bond motifs is 2. The maximum atomic E-state index is 12.9. The first-order valence-corrected chi connectivity index (χ1v) is 14.7. The highest BCUT2D eigenvalue weighted by Gasteiger charge is 2.29. The van der Waals surface area contributed by atoms with Crippen LogP contribution in [0.1, 0.15) is 152 Å². The average Bonchev–Trinajstić information content (AvgIpc) is 2.93. The first-order valence-electron chi connectivity index (χ1n) is 14.7. The Labute approximate surface area is 223 Å². The van der Waals surface area contributed by atoms with Crippen molar-refractivity contribution in [3.05, 3.63) is 70.3 Å². The van der Waals surface area contributed by atoms with E-state index < -0.39 is 0 Å². The fourth-order valence-electron chi connectivity index (χ4n) is 5.22. The van der Waals surface area contributed by atoms with Crippen molar-refractivity contribution < 1.29 is 14.4 Å². The maximum absolute atomic E-state index is 12.9. The number of amides is 1. The molecule has 0 heterocycles. The number of ketones is 2. The minimum atomic E-state index is -0.197. The number of carbonyl (C=O) groups excluding carboxylic acids is 3. The molecule has 0 unspecified atom stereocenters. The number of benzene rings is 2. The van der Waals surface area contributed by atoms with Crippen molar-refractivity contribution in [2.45, 2.75) is 110 Å². The Morgan fingerprint density at radius 3 is 1.51 bits per heavy atom. The second-order valence-corrected chi connectivity index (χ2v) is 10.5. The van der Waals surface area contributed by atoms with Gasteiger partial charge in [-0.3, -0.25) is 14.4 Å². The fraction of sp³-hybridized carbons (Fsp3) is 0.545. The highest BCUT2D eigenvalue weighted by Crippen LogP contribution is 2.28. The molecule has 0 saturated carbocycles. The van der Waals surface area contributed by atoms with Gasteiger partial charge in [-0.2, -0.15) is 0 Å². The smallest absolute Gasteiger partial charge is 0.251 e. The fourth-order valence-corrected chi connectivity index (χ4v) is 5.22. The van der Waals surface area contributed by atoms with Crippen LogP contribution in [0.25, 0.3) is 0 Å². The van der Waals surface area contributed by atoms with Crippen molar-refractivity contribution in [1.29, 1.82) is 0 Å². The third-order valence-corrected chi connectivity index (χ3v) is 7.50. The van der Waals surface area contributed by atoms with Gasteiger partial charge in [0.1, 0.15) is 0 Å². The molecule has 0 saturated heterocycles. The van der Waals surface area contributed by atoms with Crippen molar-refractivity contribution in [1.82, 2.24) is 5.32 Å². The van der Waals surface area contributed by atoms with Crippen molar-refractivity contribution in [2.24, 2.45) is 0 Å². The number of unbranched alkanes of at least 4 members (excludes halogenated alkanes) is 15. The number of rotatable bonds is 18. The topological polar surface area (TPSA) is 63.2 Å². The number of carbonyl (C=O) groups is 3. The highest BCUT2D eigenvalue weighted by molar-refractivity contribution is 6.28. The molecule has 0 spiro atoms. The van der Waals surface area contributed by atoms with E-state index >= 15 is 0 Å². The molecule has 4 nitrogen and oxygen atoms in total. The van der Waals surface area contributed by atoms with E-state index in [1.807, 2.05) is 0 Å². The van der Waals surface area contributed by atoms with Gasteiger partial charge >= 0.3 is 0 Å². The zero-order valence-electron chi connectivity index (χ0n) is 22.8. The van der Waals surface area contributed by atoms with Gasteiger partial charge in [0.15, 0.2) is 11.6 Å². The molecular formula is C33H45NO3. The van der Waals surface area contributed by atoms with Crippen LogP contribution < -0.4 is 5.32 Å². The predicted molar refractivity (Wildman–Crippen MR) is 152 cm³/mol. The largest absolute Gasteiger partial charge is 0.352 e. The van der Waals surface area contributed by atoms with E-state index in [4.69, 9.17) is 0 Å². The molecule has 1 amide bonds. The minimum absolute atomic E-state index is 0.162. The second kappa shape index (κ2) is 16.2. The van der Waals surface area contributed by atoms with E-state index in [0.29, 0.717) is 34.4 Å². The molecule has 200 valence electrons. The summed E-state index contributed by atoms with van der Waals surface area (Å²) >= 11 is 0. The summed E-state index contributed by atoms with van der Waals surface area (Å²) in [6.45, 7) is 2.90. The molecule has 0 bridgehead atoms. The van der Waals surface area contributed by atoms with Crippen molar-refractivity contribution in [2.75, 3.05) is 6.54 Å². The number of hydrogen-bond donors (Lipinski definition) is 1. The first kappa shape index (κ1) is 28.8. The quantitative estimate of drug-likeness (QED) is 0.177. The van der Waals surface area contributed by atoms with Crippen LogP contribution in [0.3, 0.4) is 0 Å². The Balaban J connectivity index is 1.23. The Kier molecular flexibility index (Phi) is 12.6. The van der Waals surface area contributed by atoms with E-state index in [-0.39, 0.29) is 17.5 Å². The summed E-state index contributed by atoms with van der Waals surface area (Å²) in [7, 11) is 0. The van der Waals surface area contributed by atoms with Gasteiger partial charge in [0, 0.05) is 34.4 Å². The minimum Gasteiger partial charge on any atom is -0.352 e. The van der Waals surface area contributed by atoms with Crippen LogP contribution in [0.2, 0.25) is 0 Å². The zero-order valence-corrected chi connectivity index (χ0v) is 22.8. The SMILES string of the molecule is CCCCCCCCCCCCCCCCCCNC(=O)c1ccc2c(c1)C(=O)c1ccccc1C2=O. The molecular weight excluding hydrogens is 458 g/mol. The van der Waals surface area contributed by atoms with Gasteiger partial charge in [0.25, 0.3) is 5.91 Å². The van der Waals surface area contributed by atoms with Crippen LogP contribution in [0.15, 0.2) is 42.5 Å². The molecule has 1 aliphatic carbocycles. The normalized spacial score (nSPS) is 12.4. The van der Waals surface area contributed by atoms with Gasteiger partial charge in [-0.15, -0.1) is 0 Å². The lowest BCUT2D eigenvalue weighted by Crippen LogP contribution is -2.26. The van der Waals surface area contributed by atoms with Gasteiger partial charge in [-0.05, 0) is 24.6 Å². The summed E-state index contributed by atoms with van der Waals surface area (Å²) in [4.78, 5) is 38.2. The van der Waals surface area contributed by atoms with Gasteiger partial charge in [0.05, 0.1) is 0 Å². The summed E-state index contributed by atoms with van der Waals surface area (Å²) in [6.07, 6.45) is 21.2. The molecule has 1 aliphatic rings. The summed E-state index contributed by atoms with van der Waals surface area (Å²) in [5, 5.41) is 2.97. The van der Waals surface area contributed by atoms with Crippen LogP contribution in [0.4, 0.5) is 0 Å². The Morgan fingerprint density at radius 2 is 1.00 bits per heavy atom. The van der Waals surface area contributed by atoms with Crippen LogP contribution in [-0.4, -0.2) is 24.0 Å². The molecule has 2 aromatic carbocycles. The monoisotopic (exact) mass is 503 g/mol. The predicted octanol–water partition coefficient (Wildman–Crippen LogP) is 8.45. The Hall–Kier alpha value is -2.75.